The Morgan fingerprint density at radius 1 is 1.20 bits per heavy atom. The Kier molecular flexibility index (Phi) is 6.18. The quantitative estimate of drug-likeness (QED) is 0.629. The van der Waals surface area contributed by atoms with Gasteiger partial charge in [0.15, 0.2) is 0 Å². The lowest BCUT2D eigenvalue weighted by Gasteiger charge is -2.06. The van der Waals surface area contributed by atoms with Gasteiger partial charge >= 0.3 is 5.97 Å². The van der Waals surface area contributed by atoms with E-state index in [2.05, 4.69) is 15.4 Å². The van der Waals surface area contributed by atoms with Crippen molar-refractivity contribution in [2.24, 2.45) is 5.73 Å². The number of nitrogens with two attached hydrogens (primary N) is 1. The zero-order valence-electron chi connectivity index (χ0n) is 11.1. The molecule has 1 aromatic rings. The highest BCUT2D eigenvalue weighted by Crippen LogP contribution is 2.09. The summed E-state index contributed by atoms with van der Waals surface area (Å²) in [6.45, 7) is 0.104. The van der Waals surface area contributed by atoms with Crippen LogP contribution >= 0.6 is 0 Å². The van der Waals surface area contributed by atoms with Crippen molar-refractivity contribution in [2.45, 2.75) is 6.42 Å². The molecular formula is C13H17N3O4. The van der Waals surface area contributed by atoms with Crippen LogP contribution in [0.3, 0.4) is 0 Å². The van der Waals surface area contributed by atoms with Gasteiger partial charge in [0, 0.05) is 17.8 Å². The fourth-order valence-corrected chi connectivity index (χ4v) is 1.40. The third-order valence-electron chi connectivity index (χ3n) is 2.46. The molecule has 0 aliphatic heterocycles. The van der Waals surface area contributed by atoms with Crippen LogP contribution < -0.4 is 16.4 Å². The number of methoxy groups -OCH3 is 1. The van der Waals surface area contributed by atoms with Crippen molar-refractivity contribution >= 4 is 23.5 Å². The maximum atomic E-state index is 11.7. The molecule has 0 saturated heterocycles. The van der Waals surface area contributed by atoms with Gasteiger partial charge in [-0.3, -0.25) is 14.4 Å². The fourth-order valence-electron chi connectivity index (χ4n) is 1.40. The molecule has 20 heavy (non-hydrogen) atoms. The van der Waals surface area contributed by atoms with E-state index in [0.717, 1.165) is 0 Å². The normalized spacial score (nSPS) is 9.70. The molecular weight excluding hydrogens is 262 g/mol. The molecule has 1 aromatic carbocycles. The molecule has 108 valence electrons. The molecule has 4 N–H and O–H groups in total. The summed E-state index contributed by atoms with van der Waals surface area (Å²) in [4.78, 5) is 33.7. The average Bonchev–Trinajstić information content (AvgIpc) is 2.47. The first-order valence-electron chi connectivity index (χ1n) is 6.02. The molecule has 0 fully saturated rings. The number of esters is 1. The first kappa shape index (κ1) is 15.6. The van der Waals surface area contributed by atoms with Gasteiger partial charge in [-0.15, -0.1) is 0 Å². The molecule has 0 aromatic heterocycles. The van der Waals surface area contributed by atoms with Crippen LogP contribution in [-0.4, -0.2) is 38.0 Å². The molecule has 7 heteroatoms. The zero-order chi connectivity index (χ0) is 15.0. The van der Waals surface area contributed by atoms with Gasteiger partial charge in [0.1, 0.15) is 0 Å². The van der Waals surface area contributed by atoms with Crippen molar-refractivity contribution in [3.63, 3.8) is 0 Å². The maximum Gasteiger partial charge on any atom is 0.307 e. The molecule has 0 atom stereocenters. The van der Waals surface area contributed by atoms with E-state index in [-0.39, 0.29) is 37.3 Å². The van der Waals surface area contributed by atoms with E-state index in [1.54, 1.807) is 24.3 Å². The van der Waals surface area contributed by atoms with E-state index in [0.29, 0.717) is 11.3 Å². The largest absolute Gasteiger partial charge is 0.469 e. The van der Waals surface area contributed by atoms with E-state index in [1.807, 2.05) is 0 Å². The molecule has 0 heterocycles. The van der Waals surface area contributed by atoms with Crippen molar-refractivity contribution in [3.05, 3.63) is 29.8 Å². The van der Waals surface area contributed by atoms with Crippen LogP contribution in [0.1, 0.15) is 16.8 Å². The van der Waals surface area contributed by atoms with Crippen molar-refractivity contribution < 1.29 is 19.1 Å². The van der Waals surface area contributed by atoms with Crippen LogP contribution in [0.15, 0.2) is 24.3 Å². The Morgan fingerprint density at radius 3 is 2.40 bits per heavy atom. The average molecular weight is 279 g/mol. The first-order valence-corrected chi connectivity index (χ1v) is 6.02. The number of anilines is 1. The van der Waals surface area contributed by atoms with Crippen LogP contribution in [-0.2, 0) is 14.3 Å². The number of ether oxygens (including phenoxy) is 1. The standard InChI is InChI=1S/C13H17N3O4/c1-20-12(18)6-7-15-13(19)9-2-4-10(5-3-9)16-11(17)8-14/h2-5H,6-8,14H2,1H3,(H,15,19)(H,16,17). The van der Waals surface area contributed by atoms with Gasteiger partial charge < -0.3 is 21.1 Å². The molecule has 0 saturated carbocycles. The summed E-state index contributed by atoms with van der Waals surface area (Å²) in [6.07, 6.45) is 0.118. The van der Waals surface area contributed by atoms with Crippen molar-refractivity contribution in [2.75, 3.05) is 25.5 Å². The number of rotatable bonds is 6. The van der Waals surface area contributed by atoms with Gasteiger partial charge in [-0.1, -0.05) is 0 Å². The van der Waals surface area contributed by atoms with E-state index >= 15 is 0 Å². The molecule has 0 radical (unpaired) electrons. The SMILES string of the molecule is COC(=O)CCNC(=O)c1ccc(NC(=O)CN)cc1. The minimum atomic E-state index is -0.384. The summed E-state index contributed by atoms with van der Waals surface area (Å²) in [7, 11) is 1.29. The summed E-state index contributed by atoms with van der Waals surface area (Å²) in [5, 5.41) is 5.16. The smallest absolute Gasteiger partial charge is 0.307 e. The number of benzene rings is 1. The maximum absolute atomic E-state index is 11.7. The Bertz CT molecular complexity index is 485. The van der Waals surface area contributed by atoms with Crippen LogP contribution in [0, 0.1) is 0 Å². The molecule has 0 spiro atoms. The van der Waals surface area contributed by atoms with Crippen LogP contribution in [0.25, 0.3) is 0 Å². The summed E-state index contributed by atoms with van der Waals surface area (Å²) < 4.78 is 4.46. The second kappa shape index (κ2) is 7.90. The first-order chi connectivity index (χ1) is 9.56. The van der Waals surface area contributed by atoms with Gasteiger partial charge in [0.2, 0.25) is 5.91 Å². The van der Waals surface area contributed by atoms with Gasteiger partial charge in [-0.2, -0.15) is 0 Å². The number of hydrogen-bond acceptors (Lipinski definition) is 5. The minimum Gasteiger partial charge on any atom is -0.469 e. The zero-order valence-corrected chi connectivity index (χ0v) is 11.1. The summed E-state index contributed by atoms with van der Waals surface area (Å²) in [5.41, 5.74) is 6.17. The van der Waals surface area contributed by atoms with Gasteiger partial charge in [0.25, 0.3) is 5.91 Å². The van der Waals surface area contributed by atoms with E-state index in [4.69, 9.17) is 5.73 Å². The second-order valence-electron chi connectivity index (χ2n) is 3.91. The predicted octanol–water partition coefficient (Wildman–Crippen LogP) is -0.123. The number of amides is 2. The van der Waals surface area contributed by atoms with Gasteiger partial charge in [-0.25, -0.2) is 0 Å². The molecule has 0 aliphatic carbocycles. The molecule has 2 amide bonds. The van der Waals surface area contributed by atoms with Crippen molar-refractivity contribution in [3.8, 4) is 0 Å². The summed E-state index contributed by atoms with van der Waals surface area (Å²) >= 11 is 0. The Hall–Kier alpha value is -2.41. The molecule has 7 nitrogen and oxygen atoms in total. The van der Waals surface area contributed by atoms with Gasteiger partial charge in [-0.05, 0) is 24.3 Å². The lowest BCUT2D eigenvalue weighted by Crippen LogP contribution is -2.26. The summed E-state index contributed by atoms with van der Waals surface area (Å²) in [5.74, 6) is -0.990. The lowest BCUT2D eigenvalue weighted by atomic mass is 10.2. The lowest BCUT2D eigenvalue weighted by molar-refractivity contribution is -0.140. The number of hydrogen-bond donors (Lipinski definition) is 3. The number of nitrogens with one attached hydrogen (secondary N) is 2. The molecule has 1 rings (SSSR count). The van der Waals surface area contributed by atoms with Gasteiger partial charge in [0.05, 0.1) is 20.1 Å². The monoisotopic (exact) mass is 279 g/mol. The van der Waals surface area contributed by atoms with Crippen LogP contribution in [0.4, 0.5) is 5.69 Å². The topological polar surface area (TPSA) is 111 Å². The highest BCUT2D eigenvalue weighted by Gasteiger charge is 2.07. The third-order valence-corrected chi connectivity index (χ3v) is 2.46. The highest BCUT2D eigenvalue weighted by molar-refractivity contribution is 5.96. The van der Waals surface area contributed by atoms with E-state index < -0.39 is 0 Å². The molecule has 0 aliphatic rings. The van der Waals surface area contributed by atoms with Crippen LogP contribution in [0.2, 0.25) is 0 Å². The van der Waals surface area contributed by atoms with Crippen LogP contribution in [0.5, 0.6) is 0 Å². The van der Waals surface area contributed by atoms with Crippen molar-refractivity contribution in [1.29, 1.82) is 0 Å². The molecule has 0 bridgehead atoms. The third kappa shape index (κ3) is 5.07. The van der Waals surface area contributed by atoms with E-state index in [9.17, 15) is 14.4 Å². The van der Waals surface area contributed by atoms with Crippen molar-refractivity contribution in [1.82, 2.24) is 5.32 Å². The predicted molar refractivity (Wildman–Crippen MR) is 73.1 cm³/mol. The Balaban J connectivity index is 2.49. The molecule has 0 unspecified atom stereocenters. The Morgan fingerprint density at radius 2 is 1.85 bits per heavy atom. The second-order valence-corrected chi connectivity index (χ2v) is 3.91. The fraction of sp³-hybridized carbons (Fsp3) is 0.308. The Labute approximate surface area is 116 Å². The number of carbonyl (C=O) groups is 3. The number of carbonyl (C=O) groups excluding carboxylic acids is 3. The summed E-state index contributed by atoms with van der Waals surface area (Å²) in [6, 6.07) is 6.34. The minimum absolute atomic E-state index is 0.101. The highest BCUT2D eigenvalue weighted by atomic mass is 16.5. The van der Waals surface area contributed by atoms with E-state index in [1.165, 1.54) is 7.11 Å².